The Bertz CT molecular complexity index is 467. The second-order valence-corrected chi connectivity index (χ2v) is 4.50. The molecule has 0 saturated carbocycles. The summed E-state index contributed by atoms with van der Waals surface area (Å²) in [7, 11) is 1.32. The zero-order chi connectivity index (χ0) is 13.8. The Balaban J connectivity index is 2.17. The van der Waals surface area contributed by atoms with E-state index in [9.17, 15) is 9.18 Å². The summed E-state index contributed by atoms with van der Waals surface area (Å²) in [4.78, 5) is 11.5. The highest BCUT2D eigenvalue weighted by Gasteiger charge is 2.28. The van der Waals surface area contributed by atoms with Crippen molar-refractivity contribution in [3.8, 4) is 0 Å². The van der Waals surface area contributed by atoms with Gasteiger partial charge < -0.3 is 20.5 Å². The number of methoxy groups -OCH3 is 1. The Morgan fingerprint density at radius 2 is 2.37 bits per heavy atom. The van der Waals surface area contributed by atoms with Crippen molar-refractivity contribution in [2.75, 3.05) is 38.0 Å². The van der Waals surface area contributed by atoms with Crippen molar-refractivity contribution < 1.29 is 18.7 Å². The Morgan fingerprint density at radius 3 is 3.05 bits per heavy atom. The average molecular weight is 268 g/mol. The van der Waals surface area contributed by atoms with Crippen LogP contribution in [0.4, 0.5) is 15.8 Å². The van der Waals surface area contributed by atoms with Crippen molar-refractivity contribution in [1.29, 1.82) is 0 Å². The summed E-state index contributed by atoms with van der Waals surface area (Å²) in [6.45, 7) is 0.371. The average Bonchev–Trinajstić information content (AvgIpc) is 2.87. The third-order valence-corrected chi connectivity index (χ3v) is 3.21. The molecule has 19 heavy (non-hydrogen) atoms. The molecular formula is C13H17FN2O3. The highest BCUT2D eigenvalue weighted by molar-refractivity contribution is 5.92. The van der Waals surface area contributed by atoms with Gasteiger partial charge in [-0.05, 0) is 18.2 Å². The van der Waals surface area contributed by atoms with Crippen LogP contribution in [-0.4, -0.2) is 39.0 Å². The number of nitrogens with two attached hydrogens (primary N) is 1. The molecule has 2 rings (SSSR count). The molecule has 0 bridgehead atoms. The number of nitrogens with one attached hydrogen (secondary N) is 1. The maximum atomic E-state index is 12.8. The van der Waals surface area contributed by atoms with E-state index in [1.807, 2.05) is 0 Å². The largest absolute Gasteiger partial charge is 0.465 e. The van der Waals surface area contributed by atoms with Crippen LogP contribution in [0.1, 0.15) is 10.4 Å². The van der Waals surface area contributed by atoms with E-state index in [-0.39, 0.29) is 12.0 Å². The summed E-state index contributed by atoms with van der Waals surface area (Å²) in [5.74, 6) is -0.631. The van der Waals surface area contributed by atoms with Crippen LogP contribution in [0.5, 0.6) is 0 Å². The molecule has 6 heteroatoms. The van der Waals surface area contributed by atoms with Gasteiger partial charge >= 0.3 is 5.97 Å². The van der Waals surface area contributed by atoms with Crippen molar-refractivity contribution in [1.82, 2.24) is 0 Å². The molecule has 1 saturated heterocycles. The number of rotatable bonds is 4. The number of halogens is 1. The smallest absolute Gasteiger partial charge is 0.337 e. The van der Waals surface area contributed by atoms with Gasteiger partial charge in [0.25, 0.3) is 0 Å². The number of ether oxygens (including phenoxy) is 2. The van der Waals surface area contributed by atoms with E-state index in [4.69, 9.17) is 10.5 Å². The van der Waals surface area contributed by atoms with Gasteiger partial charge in [-0.2, -0.15) is 0 Å². The maximum Gasteiger partial charge on any atom is 0.337 e. The van der Waals surface area contributed by atoms with Crippen molar-refractivity contribution in [3.63, 3.8) is 0 Å². The second-order valence-electron chi connectivity index (χ2n) is 4.50. The Morgan fingerprint density at radius 1 is 1.58 bits per heavy atom. The normalized spacial score (nSPS) is 22.2. The third kappa shape index (κ3) is 2.96. The fraction of sp³-hybridized carbons (Fsp3) is 0.462. The van der Waals surface area contributed by atoms with Gasteiger partial charge in [0.2, 0.25) is 0 Å². The molecule has 0 aliphatic carbocycles. The zero-order valence-corrected chi connectivity index (χ0v) is 10.7. The topological polar surface area (TPSA) is 73.6 Å². The molecule has 3 N–H and O–H groups in total. The standard InChI is InChI=1S/C13H17FN2O3/c1-18-13(17)8-2-3-10(15)11(4-8)16-12-7-19-6-9(12)5-14/h2-4,9,12,16H,5-7,15H2,1H3/t9-,12+/m1/s1. The highest BCUT2D eigenvalue weighted by atomic mass is 19.1. The summed E-state index contributed by atoms with van der Waals surface area (Å²) in [6.07, 6.45) is 0. The minimum Gasteiger partial charge on any atom is -0.465 e. The number of carbonyl (C=O) groups excluding carboxylic acids is 1. The summed E-state index contributed by atoms with van der Waals surface area (Å²) in [5.41, 5.74) is 7.34. The molecule has 0 unspecified atom stereocenters. The molecule has 5 nitrogen and oxygen atoms in total. The van der Waals surface area contributed by atoms with Gasteiger partial charge in [-0.25, -0.2) is 4.79 Å². The third-order valence-electron chi connectivity index (χ3n) is 3.21. The molecule has 0 radical (unpaired) electrons. The van der Waals surface area contributed by atoms with Crippen molar-refractivity contribution in [2.45, 2.75) is 6.04 Å². The van der Waals surface area contributed by atoms with Crippen LogP contribution in [0.2, 0.25) is 0 Å². The fourth-order valence-electron chi connectivity index (χ4n) is 2.04. The van der Waals surface area contributed by atoms with Gasteiger partial charge in [-0.15, -0.1) is 0 Å². The first kappa shape index (κ1) is 13.6. The number of alkyl halides is 1. The van der Waals surface area contributed by atoms with Crippen LogP contribution in [0.25, 0.3) is 0 Å². The van der Waals surface area contributed by atoms with Crippen LogP contribution < -0.4 is 11.1 Å². The fourth-order valence-corrected chi connectivity index (χ4v) is 2.04. The van der Waals surface area contributed by atoms with E-state index in [0.29, 0.717) is 30.2 Å². The Kier molecular flexibility index (Phi) is 4.21. The summed E-state index contributed by atoms with van der Waals surface area (Å²) >= 11 is 0. The molecule has 0 aromatic heterocycles. The first-order chi connectivity index (χ1) is 9.15. The van der Waals surface area contributed by atoms with Crippen molar-refractivity contribution >= 4 is 17.3 Å². The lowest BCUT2D eigenvalue weighted by atomic mass is 10.0. The minimum absolute atomic E-state index is 0.139. The number of hydrogen-bond acceptors (Lipinski definition) is 5. The van der Waals surface area contributed by atoms with Crippen LogP contribution in [0.15, 0.2) is 18.2 Å². The Labute approximate surface area is 110 Å². The van der Waals surface area contributed by atoms with Crippen LogP contribution in [0, 0.1) is 5.92 Å². The van der Waals surface area contributed by atoms with Gasteiger partial charge in [-0.1, -0.05) is 0 Å². The number of nitrogen functional groups attached to an aromatic ring is 1. The molecule has 104 valence electrons. The van der Waals surface area contributed by atoms with E-state index >= 15 is 0 Å². The zero-order valence-electron chi connectivity index (χ0n) is 10.7. The number of anilines is 2. The molecule has 2 atom stereocenters. The highest BCUT2D eigenvalue weighted by Crippen LogP contribution is 2.25. The molecule has 1 aliphatic heterocycles. The number of hydrogen-bond donors (Lipinski definition) is 2. The minimum atomic E-state index is -0.450. The van der Waals surface area contributed by atoms with Gasteiger partial charge in [0.1, 0.15) is 0 Å². The molecular weight excluding hydrogens is 251 g/mol. The molecule has 1 aliphatic rings. The summed E-state index contributed by atoms with van der Waals surface area (Å²) in [5, 5.41) is 3.13. The van der Waals surface area contributed by atoms with E-state index in [0.717, 1.165) is 0 Å². The monoisotopic (exact) mass is 268 g/mol. The van der Waals surface area contributed by atoms with Crippen LogP contribution >= 0.6 is 0 Å². The number of esters is 1. The van der Waals surface area contributed by atoms with Crippen LogP contribution in [-0.2, 0) is 9.47 Å². The predicted molar refractivity (Wildman–Crippen MR) is 69.9 cm³/mol. The molecule has 0 spiro atoms. The second kappa shape index (κ2) is 5.88. The van der Waals surface area contributed by atoms with Crippen LogP contribution in [0.3, 0.4) is 0 Å². The molecule has 1 heterocycles. The lowest BCUT2D eigenvalue weighted by molar-refractivity contribution is 0.0601. The van der Waals surface area contributed by atoms with E-state index in [1.54, 1.807) is 18.2 Å². The van der Waals surface area contributed by atoms with Gasteiger partial charge in [0.05, 0.1) is 50.0 Å². The molecule has 1 aromatic carbocycles. The lowest BCUT2D eigenvalue weighted by Gasteiger charge is -2.19. The number of benzene rings is 1. The summed E-state index contributed by atoms with van der Waals surface area (Å²) < 4.78 is 22.7. The van der Waals surface area contributed by atoms with E-state index < -0.39 is 12.6 Å². The van der Waals surface area contributed by atoms with Gasteiger partial charge in [-0.3, -0.25) is 4.39 Å². The van der Waals surface area contributed by atoms with Crippen molar-refractivity contribution in [3.05, 3.63) is 23.8 Å². The van der Waals surface area contributed by atoms with Gasteiger partial charge in [0, 0.05) is 5.92 Å². The first-order valence-electron chi connectivity index (χ1n) is 6.03. The van der Waals surface area contributed by atoms with Crippen molar-refractivity contribution in [2.24, 2.45) is 5.92 Å². The predicted octanol–water partition coefficient (Wildman–Crippen LogP) is 1.45. The lowest BCUT2D eigenvalue weighted by Crippen LogP contribution is -2.29. The van der Waals surface area contributed by atoms with E-state index in [1.165, 1.54) is 7.11 Å². The molecule has 1 fully saturated rings. The molecule has 0 amide bonds. The Hall–Kier alpha value is -1.82. The maximum absolute atomic E-state index is 12.8. The SMILES string of the molecule is COC(=O)c1ccc(N)c(N[C@H]2COC[C@H]2CF)c1. The molecule has 1 aromatic rings. The van der Waals surface area contributed by atoms with Gasteiger partial charge in [0.15, 0.2) is 0 Å². The first-order valence-corrected chi connectivity index (χ1v) is 6.03. The summed E-state index contributed by atoms with van der Waals surface area (Å²) in [6, 6.07) is 4.67. The van der Waals surface area contributed by atoms with E-state index in [2.05, 4.69) is 10.1 Å². The quantitative estimate of drug-likeness (QED) is 0.638. The number of carbonyl (C=O) groups is 1.